The maximum atomic E-state index is 11.4. The molecule has 0 aliphatic carbocycles. The Morgan fingerprint density at radius 2 is 2.22 bits per heavy atom. The van der Waals surface area contributed by atoms with Crippen molar-refractivity contribution in [1.82, 2.24) is 15.3 Å². The highest BCUT2D eigenvalue weighted by Gasteiger charge is 2.09. The second-order valence-electron chi connectivity index (χ2n) is 4.71. The quantitative estimate of drug-likeness (QED) is 0.451. The minimum absolute atomic E-state index is 0.357. The summed E-state index contributed by atoms with van der Waals surface area (Å²) in [7, 11) is 0. The number of hydrogen-bond donors (Lipinski definition) is 2. The van der Waals surface area contributed by atoms with Crippen molar-refractivity contribution in [3.05, 3.63) is 29.6 Å². The van der Waals surface area contributed by atoms with Gasteiger partial charge in [-0.3, -0.25) is 15.1 Å². The third-order valence-electron chi connectivity index (χ3n) is 2.63. The molecule has 18 heavy (non-hydrogen) atoms. The Bertz CT molecular complexity index is 392. The highest BCUT2D eigenvalue weighted by atomic mass is 16.2. The van der Waals surface area contributed by atoms with E-state index in [1.807, 2.05) is 12.1 Å². The number of rotatable bonds is 6. The Kier molecular flexibility index (Phi) is 5.74. The van der Waals surface area contributed by atoms with E-state index in [9.17, 15) is 4.79 Å². The maximum absolute atomic E-state index is 11.4. The maximum Gasteiger partial charge on any atom is 0.283 e. The first-order valence-electron chi connectivity index (χ1n) is 6.26. The van der Waals surface area contributed by atoms with Crippen molar-refractivity contribution in [3.8, 4) is 0 Å². The summed E-state index contributed by atoms with van der Waals surface area (Å²) in [6, 6.07) is 5.41. The molecular weight excluding hydrogens is 228 g/mol. The molecule has 0 aliphatic rings. The molecule has 0 fully saturated rings. The van der Waals surface area contributed by atoms with E-state index in [0.29, 0.717) is 11.6 Å². The van der Waals surface area contributed by atoms with Crippen molar-refractivity contribution in [2.75, 3.05) is 13.1 Å². The molecule has 5 nitrogen and oxygen atoms in total. The van der Waals surface area contributed by atoms with Crippen LogP contribution < -0.4 is 11.3 Å². The van der Waals surface area contributed by atoms with Crippen LogP contribution in [0.2, 0.25) is 0 Å². The molecule has 0 unspecified atom stereocenters. The SMILES string of the molecule is CCN(Cc1cccc(C(=O)NN)n1)CC(C)C. The zero-order valence-corrected chi connectivity index (χ0v) is 11.3. The van der Waals surface area contributed by atoms with Crippen molar-refractivity contribution in [2.24, 2.45) is 11.8 Å². The molecule has 0 radical (unpaired) electrons. The van der Waals surface area contributed by atoms with Gasteiger partial charge in [0.1, 0.15) is 5.69 Å². The molecule has 0 bridgehead atoms. The first-order chi connectivity index (χ1) is 8.56. The molecule has 0 aromatic carbocycles. The topological polar surface area (TPSA) is 71.2 Å². The summed E-state index contributed by atoms with van der Waals surface area (Å²) in [5.74, 6) is 5.35. The Morgan fingerprint density at radius 1 is 1.50 bits per heavy atom. The lowest BCUT2D eigenvalue weighted by Crippen LogP contribution is -2.31. The molecule has 1 aromatic rings. The number of hydrazine groups is 1. The first kappa shape index (κ1) is 14.6. The number of pyridine rings is 1. The van der Waals surface area contributed by atoms with Crippen LogP contribution >= 0.6 is 0 Å². The number of nitrogens with one attached hydrogen (secondary N) is 1. The lowest BCUT2D eigenvalue weighted by Gasteiger charge is -2.22. The summed E-state index contributed by atoms with van der Waals surface area (Å²) in [6.45, 7) is 9.24. The smallest absolute Gasteiger partial charge is 0.283 e. The fraction of sp³-hybridized carbons (Fsp3) is 0.538. The van der Waals surface area contributed by atoms with Crippen LogP contribution in [0.1, 0.15) is 37.0 Å². The van der Waals surface area contributed by atoms with Crippen molar-refractivity contribution < 1.29 is 4.79 Å². The molecule has 1 amide bonds. The van der Waals surface area contributed by atoms with Crippen molar-refractivity contribution in [3.63, 3.8) is 0 Å². The van der Waals surface area contributed by atoms with Crippen LogP contribution in [0.3, 0.4) is 0 Å². The van der Waals surface area contributed by atoms with E-state index >= 15 is 0 Å². The molecule has 0 atom stereocenters. The molecule has 1 rings (SSSR count). The van der Waals surface area contributed by atoms with Gasteiger partial charge in [-0.1, -0.05) is 26.8 Å². The molecule has 0 saturated carbocycles. The number of carbonyl (C=O) groups is 1. The Labute approximate surface area is 108 Å². The van der Waals surface area contributed by atoms with E-state index in [2.05, 4.69) is 36.1 Å². The second kappa shape index (κ2) is 7.08. The summed E-state index contributed by atoms with van der Waals surface area (Å²) < 4.78 is 0. The van der Waals surface area contributed by atoms with E-state index in [1.165, 1.54) is 0 Å². The van der Waals surface area contributed by atoms with Crippen molar-refractivity contribution in [2.45, 2.75) is 27.3 Å². The molecule has 0 spiro atoms. The highest BCUT2D eigenvalue weighted by molar-refractivity contribution is 5.91. The number of hydrogen-bond acceptors (Lipinski definition) is 4. The number of carbonyl (C=O) groups excluding carboxylic acids is 1. The summed E-state index contributed by atoms with van der Waals surface area (Å²) in [6.07, 6.45) is 0. The van der Waals surface area contributed by atoms with E-state index < -0.39 is 0 Å². The summed E-state index contributed by atoms with van der Waals surface area (Å²) in [5.41, 5.74) is 3.34. The van der Waals surface area contributed by atoms with Crippen LogP contribution in [-0.4, -0.2) is 28.9 Å². The minimum atomic E-state index is -0.358. The Hall–Kier alpha value is -1.46. The summed E-state index contributed by atoms with van der Waals surface area (Å²) in [4.78, 5) is 18.0. The molecule has 1 aromatic heterocycles. The molecule has 5 heteroatoms. The predicted molar refractivity (Wildman–Crippen MR) is 71.7 cm³/mol. The molecule has 1 heterocycles. The fourth-order valence-electron chi connectivity index (χ4n) is 1.82. The standard InChI is InChI=1S/C13H22N4O/c1-4-17(8-10(2)3)9-11-6-5-7-12(15-11)13(18)16-14/h5-7,10H,4,8-9,14H2,1-3H3,(H,16,18). The number of nitrogen functional groups attached to an aromatic ring is 1. The van der Waals surface area contributed by atoms with Gasteiger partial charge in [0.25, 0.3) is 5.91 Å². The Morgan fingerprint density at radius 3 is 2.78 bits per heavy atom. The molecule has 0 aliphatic heterocycles. The number of nitrogens with zero attached hydrogens (tertiary/aromatic N) is 2. The third-order valence-corrected chi connectivity index (χ3v) is 2.63. The van der Waals surface area contributed by atoms with Gasteiger partial charge in [0.05, 0.1) is 5.69 Å². The highest BCUT2D eigenvalue weighted by Crippen LogP contribution is 2.06. The van der Waals surface area contributed by atoms with Gasteiger partial charge in [-0.15, -0.1) is 0 Å². The zero-order valence-electron chi connectivity index (χ0n) is 11.3. The average molecular weight is 250 g/mol. The van der Waals surface area contributed by atoms with Gasteiger partial charge in [-0.25, -0.2) is 10.8 Å². The predicted octanol–water partition coefficient (Wildman–Crippen LogP) is 1.16. The minimum Gasteiger partial charge on any atom is -0.298 e. The van der Waals surface area contributed by atoms with E-state index in [0.717, 1.165) is 25.3 Å². The zero-order chi connectivity index (χ0) is 13.5. The molecule has 3 N–H and O–H groups in total. The fourth-order valence-corrected chi connectivity index (χ4v) is 1.82. The summed E-state index contributed by atoms with van der Waals surface area (Å²) >= 11 is 0. The van der Waals surface area contributed by atoms with Crippen LogP contribution in [0, 0.1) is 5.92 Å². The van der Waals surface area contributed by atoms with Crippen LogP contribution in [0.15, 0.2) is 18.2 Å². The van der Waals surface area contributed by atoms with Gasteiger partial charge < -0.3 is 0 Å². The number of amides is 1. The lowest BCUT2D eigenvalue weighted by molar-refractivity contribution is 0.0948. The second-order valence-corrected chi connectivity index (χ2v) is 4.71. The number of aromatic nitrogens is 1. The van der Waals surface area contributed by atoms with Gasteiger partial charge in [0.15, 0.2) is 0 Å². The lowest BCUT2D eigenvalue weighted by atomic mass is 10.2. The summed E-state index contributed by atoms with van der Waals surface area (Å²) in [5, 5.41) is 0. The van der Waals surface area contributed by atoms with Crippen LogP contribution in [-0.2, 0) is 6.54 Å². The third kappa shape index (κ3) is 4.43. The van der Waals surface area contributed by atoms with Crippen molar-refractivity contribution >= 4 is 5.91 Å². The number of nitrogens with two attached hydrogens (primary N) is 1. The van der Waals surface area contributed by atoms with Gasteiger partial charge in [-0.2, -0.15) is 0 Å². The first-order valence-corrected chi connectivity index (χ1v) is 6.26. The van der Waals surface area contributed by atoms with Crippen molar-refractivity contribution in [1.29, 1.82) is 0 Å². The van der Waals surface area contributed by atoms with E-state index in [-0.39, 0.29) is 5.91 Å². The molecule has 100 valence electrons. The molecular formula is C13H22N4O. The van der Waals surface area contributed by atoms with Crippen LogP contribution in [0.4, 0.5) is 0 Å². The van der Waals surface area contributed by atoms with Gasteiger partial charge in [-0.05, 0) is 24.6 Å². The van der Waals surface area contributed by atoms with Gasteiger partial charge in [0, 0.05) is 13.1 Å². The normalized spacial score (nSPS) is 11.0. The largest absolute Gasteiger partial charge is 0.298 e. The Balaban J connectivity index is 2.74. The van der Waals surface area contributed by atoms with Crippen LogP contribution in [0.25, 0.3) is 0 Å². The molecule has 0 saturated heterocycles. The van der Waals surface area contributed by atoms with Gasteiger partial charge in [0.2, 0.25) is 0 Å². The monoisotopic (exact) mass is 250 g/mol. The van der Waals surface area contributed by atoms with Crippen LogP contribution in [0.5, 0.6) is 0 Å². The van der Waals surface area contributed by atoms with E-state index in [4.69, 9.17) is 5.84 Å². The van der Waals surface area contributed by atoms with Gasteiger partial charge >= 0.3 is 0 Å². The average Bonchev–Trinajstić information content (AvgIpc) is 2.36. The van der Waals surface area contributed by atoms with E-state index in [1.54, 1.807) is 6.07 Å².